The maximum Gasteiger partial charge on any atom is 0.240 e. The molecular formula is C19H22N4O2. The molecule has 130 valence electrons. The zero-order valence-electron chi connectivity index (χ0n) is 14.4. The van der Waals surface area contributed by atoms with E-state index in [4.69, 9.17) is 10.5 Å². The lowest BCUT2D eigenvalue weighted by Crippen LogP contribution is -2.32. The highest BCUT2D eigenvalue weighted by Crippen LogP contribution is 2.24. The van der Waals surface area contributed by atoms with Gasteiger partial charge in [0.25, 0.3) is 0 Å². The summed E-state index contributed by atoms with van der Waals surface area (Å²) in [6, 6.07) is 13.7. The minimum atomic E-state index is -0.0537. The Kier molecular flexibility index (Phi) is 4.88. The number of methoxy groups -OCH3 is 1. The van der Waals surface area contributed by atoms with Gasteiger partial charge in [-0.1, -0.05) is 25.1 Å². The summed E-state index contributed by atoms with van der Waals surface area (Å²) in [5, 5.41) is 7.51. The fourth-order valence-corrected chi connectivity index (χ4v) is 2.83. The molecule has 1 heterocycles. The van der Waals surface area contributed by atoms with Crippen molar-refractivity contribution < 1.29 is 9.53 Å². The molecule has 6 heteroatoms. The van der Waals surface area contributed by atoms with Crippen molar-refractivity contribution in [2.75, 3.05) is 18.2 Å². The van der Waals surface area contributed by atoms with Gasteiger partial charge in [-0.05, 0) is 29.8 Å². The zero-order chi connectivity index (χ0) is 17.8. The average Bonchev–Trinajstić information content (AvgIpc) is 2.61. The average molecular weight is 338 g/mol. The van der Waals surface area contributed by atoms with Crippen molar-refractivity contribution in [2.45, 2.75) is 19.9 Å². The standard InChI is InChI=1S/C19H22N4O2/c1-12-9-18(24)22-23-19(12)14-5-8-17(16(20)10-14)21-11-13-3-6-15(25-2)7-4-13/h3-8,10,12,21H,9,11,20H2,1-2H3,(H,22,24). The molecule has 1 amide bonds. The number of hydrazone groups is 1. The number of nitrogen functional groups attached to an aromatic ring is 1. The highest BCUT2D eigenvalue weighted by atomic mass is 16.5. The van der Waals surface area contributed by atoms with Crippen molar-refractivity contribution in [2.24, 2.45) is 11.0 Å². The molecule has 1 aliphatic heterocycles. The Bertz CT molecular complexity index is 800. The molecule has 4 N–H and O–H groups in total. The molecule has 0 saturated carbocycles. The molecule has 0 aromatic heterocycles. The molecule has 0 fully saturated rings. The summed E-state index contributed by atoms with van der Waals surface area (Å²) in [6.07, 6.45) is 0.441. The van der Waals surface area contributed by atoms with Crippen LogP contribution >= 0.6 is 0 Å². The maximum absolute atomic E-state index is 11.4. The van der Waals surface area contributed by atoms with Gasteiger partial charge < -0.3 is 15.8 Å². The van der Waals surface area contributed by atoms with E-state index in [2.05, 4.69) is 15.8 Å². The number of hydrogen-bond acceptors (Lipinski definition) is 5. The minimum absolute atomic E-state index is 0.0537. The van der Waals surface area contributed by atoms with Gasteiger partial charge in [0, 0.05) is 24.4 Å². The van der Waals surface area contributed by atoms with E-state index in [-0.39, 0.29) is 11.8 Å². The van der Waals surface area contributed by atoms with E-state index in [1.165, 1.54) is 0 Å². The van der Waals surface area contributed by atoms with Crippen LogP contribution < -0.4 is 21.2 Å². The highest BCUT2D eigenvalue weighted by molar-refractivity contribution is 6.06. The molecule has 3 rings (SSSR count). The van der Waals surface area contributed by atoms with Gasteiger partial charge in [-0.2, -0.15) is 5.10 Å². The second kappa shape index (κ2) is 7.25. The summed E-state index contributed by atoms with van der Waals surface area (Å²) in [5.74, 6) is 0.857. The molecule has 25 heavy (non-hydrogen) atoms. The molecule has 0 spiro atoms. The summed E-state index contributed by atoms with van der Waals surface area (Å²) in [5.41, 5.74) is 13.2. The Morgan fingerprint density at radius 2 is 2.04 bits per heavy atom. The number of amides is 1. The predicted molar refractivity (Wildman–Crippen MR) is 99.6 cm³/mol. The Morgan fingerprint density at radius 3 is 2.68 bits per heavy atom. The van der Waals surface area contributed by atoms with Gasteiger partial charge in [-0.25, -0.2) is 5.43 Å². The lowest BCUT2D eigenvalue weighted by atomic mass is 9.93. The first-order chi connectivity index (χ1) is 12.1. The molecule has 6 nitrogen and oxygen atoms in total. The Labute approximate surface area is 147 Å². The largest absolute Gasteiger partial charge is 0.497 e. The summed E-state index contributed by atoms with van der Waals surface area (Å²) in [4.78, 5) is 11.4. The number of nitrogens with one attached hydrogen (secondary N) is 2. The third kappa shape index (κ3) is 3.91. The Morgan fingerprint density at radius 1 is 1.28 bits per heavy atom. The molecule has 0 saturated heterocycles. The van der Waals surface area contributed by atoms with Crippen molar-refractivity contribution in [3.8, 4) is 5.75 Å². The van der Waals surface area contributed by atoms with Crippen molar-refractivity contribution in [3.05, 3.63) is 53.6 Å². The highest BCUT2D eigenvalue weighted by Gasteiger charge is 2.21. The Balaban J connectivity index is 1.70. The number of ether oxygens (including phenoxy) is 1. The monoisotopic (exact) mass is 338 g/mol. The van der Waals surface area contributed by atoms with Crippen molar-refractivity contribution in [1.82, 2.24) is 5.43 Å². The quantitative estimate of drug-likeness (QED) is 0.731. The van der Waals surface area contributed by atoms with Crippen LogP contribution in [0.2, 0.25) is 0 Å². The number of nitrogens with two attached hydrogens (primary N) is 1. The zero-order valence-corrected chi connectivity index (χ0v) is 14.4. The summed E-state index contributed by atoms with van der Waals surface area (Å²) in [6.45, 7) is 2.66. The second-order valence-electron chi connectivity index (χ2n) is 6.14. The summed E-state index contributed by atoms with van der Waals surface area (Å²) in [7, 11) is 1.65. The number of nitrogens with zero attached hydrogens (tertiary/aromatic N) is 1. The smallest absolute Gasteiger partial charge is 0.240 e. The third-order valence-electron chi connectivity index (χ3n) is 4.25. The normalized spacial score (nSPS) is 16.8. The molecule has 2 aromatic carbocycles. The van der Waals surface area contributed by atoms with Crippen molar-refractivity contribution in [1.29, 1.82) is 0 Å². The SMILES string of the molecule is COc1ccc(CNc2ccc(C3=NNC(=O)CC3C)cc2N)cc1. The lowest BCUT2D eigenvalue weighted by Gasteiger charge is -2.20. The van der Waals surface area contributed by atoms with Crippen LogP contribution in [0.15, 0.2) is 47.6 Å². The number of anilines is 2. The number of carbonyl (C=O) groups excluding carboxylic acids is 1. The molecule has 1 atom stereocenters. The minimum Gasteiger partial charge on any atom is -0.497 e. The number of rotatable bonds is 5. The Hall–Kier alpha value is -3.02. The van der Waals surface area contributed by atoms with Gasteiger partial charge in [-0.3, -0.25) is 4.79 Å². The van der Waals surface area contributed by atoms with E-state index >= 15 is 0 Å². The first kappa shape index (κ1) is 16.8. The molecule has 2 aromatic rings. The predicted octanol–water partition coefficient (Wildman–Crippen LogP) is 2.75. The van der Waals surface area contributed by atoms with Crippen LogP contribution in [0.4, 0.5) is 11.4 Å². The number of hydrogen-bond donors (Lipinski definition) is 3. The second-order valence-corrected chi connectivity index (χ2v) is 6.14. The fourth-order valence-electron chi connectivity index (χ4n) is 2.83. The van der Waals surface area contributed by atoms with Crippen LogP contribution in [0.5, 0.6) is 5.75 Å². The summed E-state index contributed by atoms with van der Waals surface area (Å²) >= 11 is 0. The van der Waals surface area contributed by atoms with Crippen LogP contribution in [0.25, 0.3) is 0 Å². The van der Waals surface area contributed by atoms with Crippen LogP contribution in [-0.4, -0.2) is 18.7 Å². The van der Waals surface area contributed by atoms with Gasteiger partial charge in [0.15, 0.2) is 0 Å². The van der Waals surface area contributed by atoms with Gasteiger partial charge >= 0.3 is 0 Å². The van der Waals surface area contributed by atoms with E-state index in [1.54, 1.807) is 7.11 Å². The molecular weight excluding hydrogens is 316 g/mol. The summed E-state index contributed by atoms with van der Waals surface area (Å²) < 4.78 is 5.16. The topological polar surface area (TPSA) is 88.7 Å². The third-order valence-corrected chi connectivity index (χ3v) is 4.25. The number of carbonyl (C=O) groups is 1. The van der Waals surface area contributed by atoms with Crippen LogP contribution in [-0.2, 0) is 11.3 Å². The van der Waals surface area contributed by atoms with Crippen LogP contribution in [0.3, 0.4) is 0 Å². The lowest BCUT2D eigenvalue weighted by molar-refractivity contribution is -0.121. The van der Waals surface area contributed by atoms with E-state index in [0.29, 0.717) is 18.7 Å². The molecule has 1 unspecified atom stereocenters. The van der Waals surface area contributed by atoms with E-state index in [9.17, 15) is 4.79 Å². The van der Waals surface area contributed by atoms with E-state index in [0.717, 1.165) is 28.3 Å². The van der Waals surface area contributed by atoms with Crippen molar-refractivity contribution >= 4 is 23.0 Å². The molecule has 0 bridgehead atoms. The van der Waals surface area contributed by atoms with Gasteiger partial charge in [0.05, 0.1) is 24.2 Å². The van der Waals surface area contributed by atoms with E-state index in [1.807, 2.05) is 49.4 Å². The van der Waals surface area contributed by atoms with Crippen molar-refractivity contribution in [3.63, 3.8) is 0 Å². The maximum atomic E-state index is 11.4. The molecule has 0 radical (unpaired) electrons. The molecule has 0 aliphatic carbocycles. The molecule has 1 aliphatic rings. The van der Waals surface area contributed by atoms with Crippen LogP contribution in [0, 0.1) is 5.92 Å². The van der Waals surface area contributed by atoms with E-state index < -0.39 is 0 Å². The van der Waals surface area contributed by atoms with Crippen LogP contribution in [0.1, 0.15) is 24.5 Å². The van der Waals surface area contributed by atoms with Gasteiger partial charge in [-0.15, -0.1) is 0 Å². The van der Waals surface area contributed by atoms with Gasteiger partial charge in [0.1, 0.15) is 5.75 Å². The number of benzene rings is 2. The fraction of sp³-hybridized carbons (Fsp3) is 0.263. The first-order valence-corrected chi connectivity index (χ1v) is 8.20. The first-order valence-electron chi connectivity index (χ1n) is 8.20. The van der Waals surface area contributed by atoms with Gasteiger partial charge in [0.2, 0.25) is 5.91 Å².